The predicted octanol–water partition coefficient (Wildman–Crippen LogP) is 0.594. The summed E-state index contributed by atoms with van der Waals surface area (Å²) in [6.45, 7) is 1.60. The zero-order valence-electron chi connectivity index (χ0n) is 10.2. The lowest BCUT2D eigenvalue weighted by atomic mass is 10.3. The maximum atomic E-state index is 13.4. The second-order valence-electron chi connectivity index (χ2n) is 3.63. The number of halogens is 2. The molecule has 3 N–H and O–H groups in total. The molecule has 0 aromatic heterocycles. The van der Waals surface area contributed by atoms with Crippen molar-refractivity contribution in [3.05, 3.63) is 23.8 Å². The van der Waals surface area contributed by atoms with Crippen LogP contribution in [0.3, 0.4) is 0 Å². The summed E-state index contributed by atoms with van der Waals surface area (Å²) < 4.78 is 63.1. The topological polar surface area (TPSA) is 89.3 Å². The molecule has 108 valence electrons. The lowest BCUT2D eigenvalue weighted by Crippen LogP contribution is -2.29. The highest BCUT2D eigenvalue weighted by molar-refractivity contribution is 7.89. The summed E-state index contributed by atoms with van der Waals surface area (Å²) in [6.07, 6.45) is 0. The van der Waals surface area contributed by atoms with Gasteiger partial charge in [-0.15, -0.1) is 0 Å². The Morgan fingerprint density at radius 3 is 2.53 bits per heavy atom. The van der Waals surface area contributed by atoms with Gasteiger partial charge < -0.3 is 5.73 Å². The van der Waals surface area contributed by atoms with Crippen LogP contribution in [0.5, 0.6) is 0 Å². The van der Waals surface area contributed by atoms with Crippen LogP contribution in [0.4, 0.5) is 14.5 Å². The molecule has 0 heterocycles. The van der Waals surface area contributed by atoms with E-state index in [2.05, 4.69) is 4.72 Å². The molecule has 0 aliphatic rings. The second-order valence-corrected chi connectivity index (χ2v) is 7.24. The summed E-state index contributed by atoms with van der Waals surface area (Å²) in [4.78, 5) is -0.728. The Balaban J connectivity index is 2.89. The Bertz CT molecular complexity index is 591. The standard InChI is InChI=1S/C10H14F2N2O3S2/c1-2-18(15)4-3-14-19(16,17)10-6-9(13)7(11)5-8(10)12/h5-6,14H,2-4,13H2,1H3. The van der Waals surface area contributed by atoms with Crippen LogP contribution in [0.25, 0.3) is 0 Å². The normalized spacial score (nSPS) is 13.4. The fourth-order valence-corrected chi connectivity index (χ4v) is 3.13. The third-order valence-electron chi connectivity index (χ3n) is 2.28. The highest BCUT2D eigenvalue weighted by Crippen LogP contribution is 2.20. The molecule has 0 saturated heterocycles. The largest absolute Gasteiger partial charge is 0.396 e. The Morgan fingerprint density at radius 1 is 1.32 bits per heavy atom. The van der Waals surface area contributed by atoms with Crippen molar-refractivity contribution in [2.24, 2.45) is 0 Å². The monoisotopic (exact) mass is 312 g/mol. The molecule has 1 atom stereocenters. The number of rotatable bonds is 6. The third-order valence-corrected chi connectivity index (χ3v) is 5.06. The van der Waals surface area contributed by atoms with Gasteiger partial charge in [0.1, 0.15) is 16.5 Å². The highest BCUT2D eigenvalue weighted by Gasteiger charge is 2.20. The van der Waals surface area contributed by atoms with Crippen molar-refractivity contribution < 1.29 is 21.4 Å². The van der Waals surface area contributed by atoms with Gasteiger partial charge in [-0.25, -0.2) is 21.9 Å². The van der Waals surface area contributed by atoms with Gasteiger partial charge in [-0.3, -0.25) is 4.21 Å². The third kappa shape index (κ3) is 4.22. The summed E-state index contributed by atoms with van der Waals surface area (Å²) in [5.74, 6) is -1.73. The average molecular weight is 312 g/mol. The van der Waals surface area contributed by atoms with Gasteiger partial charge in [0.05, 0.1) is 5.69 Å². The number of hydrogen-bond donors (Lipinski definition) is 2. The molecule has 0 aliphatic heterocycles. The molecule has 0 saturated carbocycles. The first-order valence-corrected chi connectivity index (χ1v) is 8.34. The minimum absolute atomic E-state index is 0.0977. The highest BCUT2D eigenvalue weighted by atomic mass is 32.2. The fourth-order valence-electron chi connectivity index (χ4n) is 1.26. The number of nitrogen functional groups attached to an aromatic ring is 1. The van der Waals surface area contributed by atoms with E-state index in [4.69, 9.17) is 5.73 Å². The minimum atomic E-state index is -4.14. The predicted molar refractivity (Wildman–Crippen MR) is 69.5 cm³/mol. The molecule has 0 bridgehead atoms. The van der Waals surface area contributed by atoms with Gasteiger partial charge >= 0.3 is 0 Å². The van der Waals surface area contributed by atoms with E-state index in [0.29, 0.717) is 17.9 Å². The van der Waals surface area contributed by atoms with Crippen LogP contribution in [-0.4, -0.2) is 30.7 Å². The smallest absolute Gasteiger partial charge is 0.243 e. The van der Waals surface area contributed by atoms with Crippen LogP contribution in [0.2, 0.25) is 0 Å². The van der Waals surface area contributed by atoms with Gasteiger partial charge in [0.15, 0.2) is 0 Å². The van der Waals surface area contributed by atoms with E-state index in [9.17, 15) is 21.4 Å². The van der Waals surface area contributed by atoms with Crippen molar-refractivity contribution in [1.29, 1.82) is 0 Å². The van der Waals surface area contributed by atoms with Crippen LogP contribution >= 0.6 is 0 Å². The maximum absolute atomic E-state index is 13.4. The fraction of sp³-hybridized carbons (Fsp3) is 0.400. The lowest BCUT2D eigenvalue weighted by Gasteiger charge is -2.08. The van der Waals surface area contributed by atoms with E-state index in [1.807, 2.05) is 0 Å². The number of anilines is 1. The number of sulfonamides is 1. The van der Waals surface area contributed by atoms with Crippen LogP contribution in [-0.2, 0) is 20.8 Å². The van der Waals surface area contributed by atoms with Gasteiger partial charge in [0, 0.05) is 34.9 Å². The molecule has 1 aromatic rings. The summed E-state index contributed by atoms with van der Waals surface area (Å²) >= 11 is 0. The molecule has 0 spiro atoms. The molecule has 1 rings (SSSR count). The molecule has 0 fully saturated rings. The number of benzene rings is 1. The molecular weight excluding hydrogens is 298 g/mol. The number of nitrogens with two attached hydrogens (primary N) is 1. The molecule has 0 amide bonds. The van der Waals surface area contributed by atoms with Gasteiger partial charge in [-0.1, -0.05) is 6.92 Å². The van der Waals surface area contributed by atoms with E-state index >= 15 is 0 Å². The first-order chi connectivity index (χ1) is 8.77. The summed E-state index contributed by atoms with van der Waals surface area (Å²) in [6, 6.07) is 1.12. The first kappa shape index (κ1) is 16.0. The molecule has 9 heteroatoms. The summed E-state index contributed by atoms with van der Waals surface area (Å²) in [5, 5.41) is 0. The zero-order chi connectivity index (χ0) is 14.6. The Labute approximate surface area is 112 Å². The van der Waals surface area contributed by atoms with Crippen molar-refractivity contribution >= 4 is 26.5 Å². The van der Waals surface area contributed by atoms with Crippen molar-refractivity contribution in [3.63, 3.8) is 0 Å². The van der Waals surface area contributed by atoms with Gasteiger partial charge in [-0.2, -0.15) is 0 Å². The van der Waals surface area contributed by atoms with Crippen LogP contribution < -0.4 is 10.5 Å². The van der Waals surface area contributed by atoms with Crippen molar-refractivity contribution in [2.75, 3.05) is 23.8 Å². The van der Waals surface area contributed by atoms with E-state index in [1.54, 1.807) is 6.92 Å². The van der Waals surface area contributed by atoms with Crippen LogP contribution in [0.15, 0.2) is 17.0 Å². The van der Waals surface area contributed by atoms with Gasteiger partial charge in [0.2, 0.25) is 10.0 Å². The maximum Gasteiger partial charge on any atom is 0.243 e. The molecule has 1 unspecified atom stereocenters. The SMILES string of the molecule is CCS(=O)CCNS(=O)(=O)c1cc(N)c(F)cc1F. The summed E-state index contributed by atoms with van der Waals surface area (Å²) in [5.41, 5.74) is 4.74. The quantitative estimate of drug-likeness (QED) is 0.753. The first-order valence-electron chi connectivity index (χ1n) is 5.37. The average Bonchev–Trinajstić information content (AvgIpc) is 2.33. The second kappa shape index (κ2) is 6.40. The molecule has 5 nitrogen and oxygen atoms in total. The Morgan fingerprint density at radius 2 is 1.95 bits per heavy atom. The van der Waals surface area contributed by atoms with Crippen molar-refractivity contribution in [2.45, 2.75) is 11.8 Å². The van der Waals surface area contributed by atoms with Crippen LogP contribution in [0.1, 0.15) is 6.92 Å². The molecular formula is C10H14F2N2O3S2. The molecule has 19 heavy (non-hydrogen) atoms. The zero-order valence-corrected chi connectivity index (χ0v) is 11.8. The number of nitrogens with one attached hydrogen (secondary N) is 1. The van der Waals surface area contributed by atoms with E-state index < -0.39 is 43.0 Å². The van der Waals surface area contributed by atoms with E-state index in [1.165, 1.54) is 0 Å². The summed E-state index contributed by atoms with van der Waals surface area (Å²) in [7, 11) is -5.28. The Kier molecular flexibility index (Phi) is 5.39. The van der Waals surface area contributed by atoms with Crippen molar-refractivity contribution in [3.8, 4) is 0 Å². The molecule has 1 aromatic carbocycles. The molecule has 0 aliphatic carbocycles. The van der Waals surface area contributed by atoms with Gasteiger partial charge in [0.25, 0.3) is 0 Å². The van der Waals surface area contributed by atoms with E-state index in [-0.39, 0.29) is 12.3 Å². The van der Waals surface area contributed by atoms with Crippen LogP contribution in [0, 0.1) is 11.6 Å². The lowest BCUT2D eigenvalue weighted by molar-refractivity contribution is 0.546. The van der Waals surface area contributed by atoms with Crippen molar-refractivity contribution in [1.82, 2.24) is 4.72 Å². The minimum Gasteiger partial charge on any atom is -0.396 e. The number of hydrogen-bond acceptors (Lipinski definition) is 4. The van der Waals surface area contributed by atoms with E-state index in [0.717, 1.165) is 0 Å². The van der Waals surface area contributed by atoms with Gasteiger partial charge in [-0.05, 0) is 6.07 Å². The Hall–Kier alpha value is -1.06. The molecule has 0 radical (unpaired) electrons.